The molecule has 1 rings (SSSR count). The van der Waals surface area contributed by atoms with E-state index in [2.05, 4.69) is 19.2 Å². The first kappa shape index (κ1) is 10.6. The lowest BCUT2D eigenvalue weighted by atomic mass is 10.1. The van der Waals surface area contributed by atoms with Crippen LogP contribution in [0.15, 0.2) is 24.3 Å². The monoisotopic (exact) mass is 192 g/mol. The summed E-state index contributed by atoms with van der Waals surface area (Å²) in [6, 6.07) is 7.63. The summed E-state index contributed by atoms with van der Waals surface area (Å²) in [6.07, 6.45) is 1.01. The predicted octanol–water partition coefficient (Wildman–Crippen LogP) is 2.00. The molecule has 0 aromatic heterocycles. The number of benzene rings is 1. The van der Waals surface area contributed by atoms with Crippen molar-refractivity contribution in [1.29, 1.82) is 0 Å². The van der Waals surface area contributed by atoms with E-state index in [0.29, 0.717) is 11.6 Å². The highest BCUT2D eigenvalue weighted by Crippen LogP contribution is 2.15. The largest absolute Gasteiger partial charge is 0.382 e. The molecular formula is C11H16N2O. The third kappa shape index (κ3) is 2.49. The van der Waals surface area contributed by atoms with Crippen molar-refractivity contribution in [3.8, 4) is 0 Å². The number of rotatable bonds is 4. The zero-order chi connectivity index (χ0) is 10.6. The minimum Gasteiger partial charge on any atom is -0.382 e. The Morgan fingerprint density at radius 3 is 2.71 bits per heavy atom. The van der Waals surface area contributed by atoms with Crippen LogP contribution >= 0.6 is 0 Å². The number of hydrogen-bond donors (Lipinski definition) is 2. The SMILES string of the molecule is CCC(C)Nc1ccccc1C(N)=O. The Bertz CT molecular complexity index is 323. The molecule has 76 valence electrons. The third-order valence-corrected chi connectivity index (χ3v) is 2.21. The summed E-state index contributed by atoms with van der Waals surface area (Å²) in [4.78, 5) is 11.1. The lowest BCUT2D eigenvalue weighted by molar-refractivity contribution is 0.100. The quantitative estimate of drug-likeness (QED) is 0.766. The van der Waals surface area contributed by atoms with Crippen LogP contribution in [0.4, 0.5) is 5.69 Å². The Kier molecular flexibility index (Phi) is 3.51. The van der Waals surface area contributed by atoms with Gasteiger partial charge in [0, 0.05) is 11.7 Å². The van der Waals surface area contributed by atoms with Gasteiger partial charge in [-0.3, -0.25) is 4.79 Å². The summed E-state index contributed by atoms with van der Waals surface area (Å²) in [5, 5.41) is 3.24. The van der Waals surface area contributed by atoms with Gasteiger partial charge in [-0.25, -0.2) is 0 Å². The maximum absolute atomic E-state index is 11.1. The molecule has 1 amide bonds. The molecule has 0 saturated carbocycles. The molecule has 0 radical (unpaired) electrons. The standard InChI is InChI=1S/C11H16N2O/c1-3-8(2)13-10-7-5-4-6-9(10)11(12)14/h4-8,13H,3H2,1-2H3,(H2,12,14). The summed E-state index contributed by atoms with van der Waals surface area (Å²) < 4.78 is 0. The van der Waals surface area contributed by atoms with Gasteiger partial charge in [-0.2, -0.15) is 0 Å². The molecule has 1 unspecified atom stereocenters. The van der Waals surface area contributed by atoms with Crippen molar-refractivity contribution in [2.45, 2.75) is 26.3 Å². The zero-order valence-electron chi connectivity index (χ0n) is 8.58. The second-order valence-corrected chi connectivity index (χ2v) is 3.36. The Hall–Kier alpha value is -1.51. The molecule has 0 fully saturated rings. The molecule has 1 atom stereocenters. The molecule has 0 aliphatic heterocycles. The van der Waals surface area contributed by atoms with E-state index in [1.807, 2.05) is 18.2 Å². The van der Waals surface area contributed by atoms with Gasteiger partial charge in [0.25, 0.3) is 5.91 Å². The summed E-state index contributed by atoms with van der Waals surface area (Å²) in [5.41, 5.74) is 6.62. The number of para-hydroxylation sites is 1. The van der Waals surface area contributed by atoms with Gasteiger partial charge in [0.05, 0.1) is 5.56 Å². The highest BCUT2D eigenvalue weighted by atomic mass is 16.1. The van der Waals surface area contributed by atoms with Gasteiger partial charge in [0.15, 0.2) is 0 Å². The van der Waals surface area contributed by atoms with E-state index in [4.69, 9.17) is 5.73 Å². The second kappa shape index (κ2) is 4.65. The minimum absolute atomic E-state index is 0.343. The molecule has 1 aromatic carbocycles. The van der Waals surface area contributed by atoms with Crippen LogP contribution in [0.3, 0.4) is 0 Å². The summed E-state index contributed by atoms with van der Waals surface area (Å²) in [5.74, 6) is -0.392. The zero-order valence-corrected chi connectivity index (χ0v) is 8.58. The van der Waals surface area contributed by atoms with E-state index in [1.54, 1.807) is 6.07 Å². The first-order valence-electron chi connectivity index (χ1n) is 4.80. The maximum Gasteiger partial charge on any atom is 0.250 e. The molecule has 3 heteroatoms. The molecule has 0 saturated heterocycles. The second-order valence-electron chi connectivity index (χ2n) is 3.36. The smallest absolute Gasteiger partial charge is 0.250 e. The Balaban J connectivity index is 2.90. The van der Waals surface area contributed by atoms with Crippen molar-refractivity contribution in [3.63, 3.8) is 0 Å². The Labute approximate surface area is 84.3 Å². The maximum atomic E-state index is 11.1. The first-order valence-corrected chi connectivity index (χ1v) is 4.80. The van der Waals surface area contributed by atoms with Gasteiger partial charge >= 0.3 is 0 Å². The van der Waals surface area contributed by atoms with Crippen LogP contribution < -0.4 is 11.1 Å². The van der Waals surface area contributed by atoms with Crippen molar-refractivity contribution in [1.82, 2.24) is 0 Å². The van der Waals surface area contributed by atoms with Crippen LogP contribution in [-0.2, 0) is 0 Å². The molecule has 3 nitrogen and oxygen atoms in total. The number of nitrogens with one attached hydrogen (secondary N) is 1. The first-order chi connectivity index (χ1) is 6.65. The lowest BCUT2D eigenvalue weighted by Gasteiger charge is -2.14. The van der Waals surface area contributed by atoms with Crippen LogP contribution in [0.1, 0.15) is 30.6 Å². The van der Waals surface area contributed by atoms with Gasteiger partial charge in [-0.1, -0.05) is 19.1 Å². The fourth-order valence-corrected chi connectivity index (χ4v) is 1.19. The predicted molar refractivity (Wildman–Crippen MR) is 58.3 cm³/mol. The molecule has 3 N–H and O–H groups in total. The molecule has 0 spiro atoms. The van der Waals surface area contributed by atoms with Gasteiger partial charge in [0.1, 0.15) is 0 Å². The highest BCUT2D eigenvalue weighted by Gasteiger charge is 2.07. The summed E-state index contributed by atoms with van der Waals surface area (Å²) in [7, 11) is 0. The lowest BCUT2D eigenvalue weighted by Crippen LogP contribution is -2.19. The molecule has 1 aromatic rings. The number of anilines is 1. The van der Waals surface area contributed by atoms with E-state index in [1.165, 1.54) is 0 Å². The van der Waals surface area contributed by atoms with Gasteiger partial charge in [0.2, 0.25) is 0 Å². The number of carbonyl (C=O) groups is 1. The number of primary amides is 1. The molecule has 14 heavy (non-hydrogen) atoms. The third-order valence-electron chi connectivity index (χ3n) is 2.21. The van der Waals surface area contributed by atoms with Crippen molar-refractivity contribution in [3.05, 3.63) is 29.8 Å². The van der Waals surface area contributed by atoms with Crippen molar-refractivity contribution >= 4 is 11.6 Å². The molecule has 0 heterocycles. The highest BCUT2D eigenvalue weighted by molar-refractivity contribution is 5.98. The van der Waals surface area contributed by atoms with Gasteiger partial charge < -0.3 is 11.1 Å². The Morgan fingerprint density at radius 1 is 1.50 bits per heavy atom. The molecule has 0 aliphatic carbocycles. The average molecular weight is 192 g/mol. The summed E-state index contributed by atoms with van der Waals surface area (Å²) >= 11 is 0. The minimum atomic E-state index is -0.392. The van der Waals surface area contributed by atoms with Crippen LogP contribution in [0.25, 0.3) is 0 Å². The molecule has 0 bridgehead atoms. The van der Waals surface area contributed by atoms with E-state index < -0.39 is 5.91 Å². The van der Waals surface area contributed by atoms with E-state index >= 15 is 0 Å². The van der Waals surface area contributed by atoms with E-state index in [9.17, 15) is 4.79 Å². The van der Waals surface area contributed by atoms with Gasteiger partial charge in [-0.15, -0.1) is 0 Å². The fourth-order valence-electron chi connectivity index (χ4n) is 1.19. The average Bonchev–Trinajstić information content (AvgIpc) is 2.18. The number of amides is 1. The van der Waals surface area contributed by atoms with E-state index in [-0.39, 0.29) is 0 Å². The number of hydrogen-bond acceptors (Lipinski definition) is 2. The number of carbonyl (C=O) groups excluding carboxylic acids is 1. The van der Waals surface area contributed by atoms with Crippen LogP contribution in [0, 0.1) is 0 Å². The van der Waals surface area contributed by atoms with Crippen LogP contribution in [0.2, 0.25) is 0 Å². The Morgan fingerprint density at radius 2 is 2.14 bits per heavy atom. The van der Waals surface area contributed by atoms with E-state index in [0.717, 1.165) is 12.1 Å². The fraction of sp³-hybridized carbons (Fsp3) is 0.364. The van der Waals surface area contributed by atoms with Crippen LogP contribution in [0.5, 0.6) is 0 Å². The topological polar surface area (TPSA) is 55.1 Å². The van der Waals surface area contributed by atoms with Gasteiger partial charge in [-0.05, 0) is 25.5 Å². The van der Waals surface area contributed by atoms with Crippen LogP contribution in [-0.4, -0.2) is 11.9 Å². The summed E-state index contributed by atoms with van der Waals surface area (Å²) in [6.45, 7) is 4.16. The normalized spacial score (nSPS) is 12.1. The van der Waals surface area contributed by atoms with Crippen molar-refractivity contribution in [2.24, 2.45) is 5.73 Å². The number of nitrogens with two attached hydrogens (primary N) is 1. The van der Waals surface area contributed by atoms with Crippen molar-refractivity contribution in [2.75, 3.05) is 5.32 Å². The van der Waals surface area contributed by atoms with Crippen molar-refractivity contribution < 1.29 is 4.79 Å². The molecule has 0 aliphatic rings. The molecular weight excluding hydrogens is 176 g/mol.